The summed E-state index contributed by atoms with van der Waals surface area (Å²) in [5.74, 6) is 1.71. The first-order valence-corrected chi connectivity index (χ1v) is 6.01. The highest BCUT2D eigenvalue weighted by Crippen LogP contribution is 2.35. The van der Waals surface area contributed by atoms with Gasteiger partial charge >= 0.3 is 0 Å². The molecule has 0 unspecified atom stereocenters. The van der Waals surface area contributed by atoms with E-state index in [0.717, 1.165) is 5.39 Å². The smallest absolute Gasteiger partial charge is 0.245 e. The molecule has 1 N–H and O–H groups in total. The van der Waals surface area contributed by atoms with Crippen molar-refractivity contribution >= 4 is 34.8 Å². The Morgan fingerprint density at radius 2 is 2.00 bits per heavy atom. The van der Waals surface area contributed by atoms with Gasteiger partial charge in [0.1, 0.15) is 12.4 Å². The minimum Gasteiger partial charge on any atom is -0.493 e. The van der Waals surface area contributed by atoms with Gasteiger partial charge in [0.2, 0.25) is 10.7 Å². The number of rotatable bonds is 2. The van der Waals surface area contributed by atoms with Crippen molar-refractivity contribution in [1.29, 1.82) is 0 Å². The van der Waals surface area contributed by atoms with E-state index in [1.54, 1.807) is 30.9 Å². The Morgan fingerprint density at radius 3 is 2.68 bits per heavy atom. The number of nitrogens with one attached hydrogen (secondary N) is 1. The van der Waals surface area contributed by atoms with Gasteiger partial charge in [0.05, 0.1) is 19.7 Å². The van der Waals surface area contributed by atoms with Crippen LogP contribution in [0.1, 0.15) is 0 Å². The van der Waals surface area contributed by atoms with E-state index in [1.165, 1.54) is 0 Å². The van der Waals surface area contributed by atoms with Crippen molar-refractivity contribution in [1.82, 2.24) is 9.55 Å². The average molecular weight is 277 g/mol. The molecule has 1 aromatic carbocycles. The molecule has 2 aromatic rings. The molecule has 0 fully saturated rings. The van der Waals surface area contributed by atoms with Gasteiger partial charge in [0, 0.05) is 11.5 Å². The van der Waals surface area contributed by atoms with E-state index in [4.69, 9.17) is 21.7 Å². The minimum atomic E-state index is -0.102. The van der Waals surface area contributed by atoms with Gasteiger partial charge in [0.15, 0.2) is 11.5 Å². The number of carbonyl (C=O) groups is 1. The molecule has 1 aliphatic rings. The summed E-state index contributed by atoms with van der Waals surface area (Å²) in [6, 6.07) is 3.53. The Labute approximate surface area is 114 Å². The third kappa shape index (κ3) is 1.74. The zero-order chi connectivity index (χ0) is 13.6. The van der Waals surface area contributed by atoms with Crippen LogP contribution in [0.2, 0.25) is 0 Å². The molecule has 19 heavy (non-hydrogen) atoms. The lowest BCUT2D eigenvalue weighted by molar-refractivity contribution is -0.115. The third-order valence-electron chi connectivity index (χ3n) is 3.03. The third-order valence-corrected chi connectivity index (χ3v) is 3.35. The number of nitrogens with zero attached hydrogens (tertiary/aromatic N) is 2. The Kier molecular flexibility index (Phi) is 2.63. The Bertz CT molecular complexity index is 754. The second kappa shape index (κ2) is 4.20. The van der Waals surface area contributed by atoms with Crippen molar-refractivity contribution in [2.75, 3.05) is 19.5 Å². The second-order valence-electron chi connectivity index (χ2n) is 4.10. The molecular formula is C12H11N3O3S. The van der Waals surface area contributed by atoms with Crippen molar-refractivity contribution in [3.8, 4) is 11.5 Å². The standard InChI is InChI=1S/C12H11N3O3S/c1-17-8-3-6-7(4-9(8)18-2)13-12(19)15-5-10(16)14-11(6)15/h3-4H,5H2,1-2H3,(H,14,16). The van der Waals surface area contributed by atoms with Crippen LogP contribution in [0, 0.1) is 4.77 Å². The van der Waals surface area contributed by atoms with Crippen molar-refractivity contribution in [3.05, 3.63) is 16.9 Å². The fraction of sp³-hybridized carbons (Fsp3) is 0.250. The lowest BCUT2D eigenvalue weighted by Crippen LogP contribution is -2.04. The molecule has 7 heteroatoms. The first kappa shape index (κ1) is 11.9. The number of anilines is 1. The second-order valence-corrected chi connectivity index (χ2v) is 4.47. The molecule has 0 saturated carbocycles. The molecule has 0 saturated heterocycles. The average Bonchev–Trinajstić information content (AvgIpc) is 2.80. The zero-order valence-electron chi connectivity index (χ0n) is 10.4. The monoisotopic (exact) mass is 277 g/mol. The van der Waals surface area contributed by atoms with Crippen molar-refractivity contribution in [2.24, 2.45) is 0 Å². The van der Waals surface area contributed by atoms with Crippen LogP contribution in [0.4, 0.5) is 5.82 Å². The highest BCUT2D eigenvalue weighted by Gasteiger charge is 2.22. The van der Waals surface area contributed by atoms with E-state index in [2.05, 4.69) is 10.3 Å². The van der Waals surface area contributed by atoms with E-state index in [9.17, 15) is 4.79 Å². The van der Waals surface area contributed by atoms with Gasteiger partial charge in [-0.2, -0.15) is 0 Å². The molecule has 0 radical (unpaired) electrons. The summed E-state index contributed by atoms with van der Waals surface area (Å²) in [7, 11) is 3.12. The predicted molar refractivity (Wildman–Crippen MR) is 72.3 cm³/mol. The van der Waals surface area contributed by atoms with Crippen LogP contribution in [0.3, 0.4) is 0 Å². The molecule has 1 aromatic heterocycles. The Morgan fingerprint density at radius 1 is 1.32 bits per heavy atom. The lowest BCUT2D eigenvalue weighted by atomic mass is 10.2. The Balaban J connectivity index is 2.38. The number of methoxy groups -OCH3 is 2. The molecule has 2 heterocycles. The fourth-order valence-corrected chi connectivity index (χ4v) is 2.41. The normalized spacial score (nSPS) is 13.3. The van der Waals surface area contributed by atoms with Gasteiger partial charge in [-0.25, -0.2) is 4.98 Å². The molecule has 1 amide bonds. The molecule has 98 valence electrons. The number of hydrogen-bond donors (Lipinski definition) is 1. The number of fused-ring (bicyclic) bond motifs is 3. The number of amides is 1. The van der Waals surface area contributed by atoms with Crippen LogP contribution in [0.5, 0.6) is 11.5 Å². The first-order valence-electron chi connectivity index (χ1n) is 5.60. The predicted octanol–water partition coefficient (Wildman–Crippen LogP) is 1.74. The molecule has 6 nitrogen and oxygen atoms in total. The quantitative estimate of drug-likeness (QED) is 0.847. The minimum absolute atomic E-state index is 0.102. The molecule has 1 aliphatic heterocycles. The highest BCUT2D eigenvalue weighted by atomic mass is 32.1. The van der Waals surface area contributed by atoms with E-state index in [-0.39, 0.29) is 12.5 Å². The SMILES string of the molecule is COc1cc2nc(=S)n3c(c2cc1OC)NC(=O)C3. The summed E-state index contributed by atoms with van der Waals surface area (Å²) in [5.41, 5.74) is 0.663. The van der Waals surface area contributed by atoms with Crippen molar-refractivity contribution < 1.29 is 14.3 Å². The number of hydrogen-bond acceptors (Lipinski definition) is 5. The van der Waals surface area contributed by atoms with E-state index < -0.39 is 0 Å². The molecular weight excluding hydrogens is 266 g/mol. The van der Waals surface area contributed by atoms with Crippen molar-refractivity contribution in [2.45, 2.75) is 6.54 Å². The Hall–Kier alpha value is -2.15. The van der Waals surface area contributed by atoms with Gasteiger partial charge in [-0.15, -0.1) is 0 Å². The summed E-state index contributed by atoms with van der Waals surface area (Å²) in [6.45, 7) is 0.200. The van der Waals surface area contributed by atoms with Crippen LogP contribution < -0.4 is 14.8 Å². The van der Waals surface area contributed by atoms with Gasteiger partial charge in [-0.05, 0) is 18.3 Å². The topological polar surface area (TPSA) is 65.4 Å². The van der Waals surface area contributed by atoms with Crippen LogP contribution in [-0.4, -0.2) is 29.7 Å². The number of ether oxygens (including phenoxy) is 2. The van der Waals surface area contributed by atoms with Gasteiger partial charge < -0.3 is 14.8 Å². The van der Waals surface area contributed by atoms with Gasteiger partial charge in [-0.3, -0.25) is 9.36 Å². The van der Waals surface area contributed by atoms with Crippen LogP contribution >= 0.6 is 12.2 Å². The van der Waals surface area contributed by atoms with E-state index >= 15 is 0 Å². The maximum Gasteiger partial charge on any atom is 0.245 e. The summed E-state index contributed by atoms with van der Waals surface area (Å²) in [6.07, 6.45) is 0. The van der Waals surface area contributed by atoms with Crippen molar-refractivity contribution in [3.63, 3.8) is 0 Å². The summed E-state index contributed by atoms with van der Waals surface area (Å²) < 4.78 is 12.5. The van der Waals surface area contributed by atoms with Crippen LogP contribution in [0.25, 0.3) is 10.9 Å². The number of benzene rings is 1. The highest BCUT2D eigenvalue weighted by molar-refractivity contribution is 7.71. The molecule has 3 rings (SSSR count). The number of aromatic nitrogens is 2. The molecule has 0 spiro atoms. The van der Waals surface area contributed by atoms with Crippen LogP contribution in [0.15, 0.2) is 12.1 Å². The molecule has 0 aliphatic carbocycles. The zero-order valence-corrected chi connectivity index (χ0v) is 11.2. The lowest BCUT2D eigenvalue weighted by Gasteiger charge is -2.11. The van der Waals surface area contributed by atoms with Gasteiger partial charge in [-0.1, -0.05) is 0 Å². The fourth-order valence-electron chi connectivity index (χ4n) is 2.15. The van der Waals surface area contributed by atoms with Gasteiger partial charge in [0.25, 0.3) is 0 Å². The van der Waals surface area contributed by atoms with E-state index in [1.807, 2.05) is 0 Å². The molecule has 0 bridgehead atoms. The van der Waals surface area contributed by atoms with E-state index in [0.29, 0.717) is 27.6 Å². The summed E-state index contributed by atoms with van der Waals surface area (Å²) in [5, 5.41) is 3.57. The maximum absolute atomic E-state index is 11.5. The molecule has 0 atom stereocenters. The summed E-state index contributed by atoms with van der Waals surface area (Å²) in [4.78, 5) is 15.8. The van der Waals surface area contributed by atoms with Crippen LogP contribution in [-0.2, 0) is 11.3 Å². The number of carbonyl (C=O) groups excluding carboxylic acids is 1. The maximum atomic E-state index is 11.5. The first-order chi connectivity index (χ1) is 9.13. The largest absolute Gasteiger partial charge is 0.493 e. The summed E-state index contributed by atoms with van der Waals surface area (Å²) >= 11 is 5.19.